The van der Waals surface area contributed by atoms with Crippen molar-refractivity contribution >= 4 is 38.5 Å². The molecule has 1 fully saturated rings. The van der Waals surface area contributed by atoms with Crippen molar-refractivity contribution in [1.29, 1.82) is 0 Å². The van der Waals surface area contributed by atoms with Crippen LogP contribution < -0.4 is 5.32 Å². The molecular formula is C25H21BrF4N2O2. The second-order valence-corrected chi connectivity index (χ2v) is 9.13. The third kappa shape index (κ3) is 5.24. The number of piperidine rings is 1. The van der Waals surface area contributed by atoms with Gasteiger partial charge in [0.05, 0.1) is 0 Å². The summed E-state index contributed by atoms with van der Waals surface area (Å²) in [5.74, 6) is -2.75. The maximum absolute atomic E-state index is 14.5. The summed E-state index contributed by atoms with van der Waals surface area (Å²) in [6, 6.07) is 15.4. The van der Waals surface area contributed by atoms with E-state index >= 15 is 0 Å². The van der Waals surface area contributed by atoms with Crippen LogP contribution in [0.15, 0.2) is 59.1 Å². The number of fused-ring (bicyclic) bond motifs is 1. The van der Waals surface area contributed by atoms with Crippen molar-refractivity contribution in [3.63, 3.8) is 0 Å². The first kappa shape index (κ1) is 24.2. The van der Waals surface area contributed by atoms with Gasteiger partial charge in [-0.05, 0) is 64.9 Å². The van der Waals surface area contributed by atoms with Gasteiger partial charge in [-0.2, -0.15) is 13.2 Å². The summed E-state index contributed by atoms with van der Waals surface area (Å²) in [7, 11) is 0. The lowest BCUT2D eigenvalue weighted by Crippen LogP contribution is -2.38. The summed E-state index contributed by atoms with van der Waals surface area (Å²) < 4.78 is 52.6. The molecule has 4 nitrogen and oxygen atoms in total. The minimum atomic E-state index is -4.97. The Labute approximate surface area is 202 Å². The molecular weight excluding hydrogens is 516 g/mol. The number of carbonyl (C=O) groups excluding carboxylic acids is 2. The fourth-order valence-electron chi connectivity index (χ4n) is 4.25. The van der Waals surface area contributed by atoms with Gasteiger partial charge in [0.15, 0.2) is 0 Å². The lowest BCUT2D eigenvalue weighted by Gasteiger charge is -2.32. The predicted octanol–water partition coefficient (Wildman–Crippen LogP) is 5.94. The van der Waals surface area contributed by atoms with E-state index < -0.39 is 17.9 Å². The van der Waals surface area contributed by atoms with Gasteiger partial charge in [0.25, 0.3) is 5.91 Å². The van der Waals surface area contributed by atoms with Gasteiger partial charge in [-0.25, -0.2) is 4.39 Å². The maximum atomic E-state index is 14.5. The van der Waals surface area contributed by atoms with Crippen molar-refractivity contribution in [3.8, 4) is 0 Å². The van der Waals surface area contributed by atoms with Gasteiger partial charge in [-0.1, -0.05) is 46.3 Å². The fraction of sp³-hybridized carbons (Fsp3) is 0.280. The Morgan fingerprint density at radius 3 is 2.47 bits per heavy atom. The van der Waals surface area contributed by atoms with Crippen LogP contribution in [0.25, 0.3) is 10.8 Å². The van der Waals surface area contributed by atoms with E-state index in [0.29, 0.717) is 42.6 Å². The van der Waals surface area contributed by atoms with Crippen LogP contribution in [0.3, 0.4) is 0 Å². The minimum Gasteiger partial charge on any atom is -0.344 e. The molecule has 1 heterocycles. The number of alkyl halides is 3. The number of carbonyl (C=O) groups is 2. The van der Waals surface area contributed by atoms with Crippen LogP contribution in [0.4, 0.5) is 17.6 Å². The van der Waals surface area contributed by atoms with Crippen LogP contribution in [0.5, 0.6) is 0 Å². The first-order valence-corrected chi connectivity index (χ1v) is 11.5. The van der Waals surface area contributed by atoms with Gasteiger partial charge in [-0.3, -0.25) is 9.59 Å². The van der Waals surface area contributed by atoms with Crippen molar-refractivity contribution < 1.29 is 27.2 Å². The number of nitrogens with zero attached hydrogens (tertiary/aromatic N) is 1. The Kier molecular flexibility index (Phi) is 6.93. The zero-order valence-electron chi connectivity index (χ0n) is 18.0. The molecule has 178 valence electrons. The van der Waals surface area contributed by atoms with Gasteiger partial charge >= 0.3 is 12.1 Å². The average molecular weight is 537 g/mol. The lowest BCUT2D eigenvalue weighted by atomic mass is 9.88. The zero-order chi connectivity index (χ0) is 24.5. The molecule has 1 N–H and O–H groups in total. The number of rotatable bonds is 4. The number of nitrogens with one attached hydrogen (secondary N) is 1. The van der Waals surface area contributed by atoms with E-state index in [2.05, 4.69) is 15.9 Å². The van der Waals surface area contributed by atoms with E-state index in [-0.39, 0.29) is 18.4 Å². The van der Waals surface area contributed by atoms with E-state index in [0.717, 1.165) is 15.2 Å². The Morgan fingerprint density at radius 2 is 1.76 bits per heavy atom. The van der Waals surface area contributed by atoms with Crippen molar-refractivity contribution in [1.82, 2.24) is 10.2 Å². The maximum Gasteiger partial charge on any atom is 0.471 e. The molecule has 1 saturated heterocycles. The monoisotopic (exact) mass is 536 g/mol. The van der Waals surface area contributed by atoms with Gasteiger partial charge in [0.1, 0.15) is 5.82 Å². The van der Waals surface area contributed by atoms with Crippen LogP contribution in [0.2, 0.25) is 0 Å². The molecule has 0 bridgehead atoms. The van der Waals surface area contributed by atoms with Crippen LogP contribution in [-0.4, -0.2) is 36.0 Å². The molecule has 0 unspecified atom stereocenters. The van der Waals surface area contributed by atoms with Crippen molar-refractivity contribution in [2.75, 3.05) is 13.1 Å². The summed E-state index contributed by atoms with van der Waals surface area (Å²) in [6.45, 7) is 0.532. The van der Waals surface area contributed by atoms with Gasteiger partial charge in [-0.15, -0.1) is 0 Å². The number of hydrogen-bond acceptors (Lipinski definition) is 2. The Bertz CT molecular complexity index is 1240. The molecule has 0 radical (unpaired) electrons. The first-order valence-electron chi connectivity index (χ1n) is 10.7. The molecule has 1 aliphatic heterocycles. The zero-order valence-corrected chi connectivity index (χ0v) is 19.5. The summed E-state index contributed by atoms with van der Waals surface area (Å²) in [4.78, 5) is 25.8. The molecule has 4 rings (SSSR count). The smallest absolute Gasteiger partial charge is 0.344 e. The molecule has 0 spiro atoms. The summed E-state index contributed by atoms with van der Waals surface area (Å²) in [5, 5.41) is 3.77. The number of likely N-dealkylation sites (tertiary alicyclic amines) is 1. The predicted molar refractivity (Wildman–Crippen MR) is 124 cm³/mol. The second-order valence-electron chi connectivity index (χ2n) is 8.28. The first-order chi connectivity index (χ1) is 16.1. The summed E-state index contributed by atoms with van der Waals surface area (Å²) >= 11 is 3.50. The Morgan fingerprint density at radius 1 is 1.03 bits per heavy atom. The fourth-order valence-corrected chi connectivity index (χ4v) is 4.77. The Balaban J connectivity index is 1.41. The molecule has 0 aliphatic carbocycles. The summed E-state index contributed by atoms with van der Waals surface area (Å²) in [6.07, 6.45) is -3.91. The van der Waals surface area contributed by atoms with Gasteiger partial charge in [0.2, 0.25) is 0 Å². The Hall–Kier alpha value is -2.94. The van der Waals surface area contributed by atoms with Crippen molar-refractivity contribution in [2.24, 2.45) is 0 Å². The highest BCUT2D eigenvalue weighted by Crippen LogP contribution is 2.32. The molecule has 0 aromatic heterocycles. The highest BCUT2D eigenvalue weighted by Gasteiger charge is 2.38. The molecule has 9 heteroatoms. The molecule has 2 amide bonds. The minimum absolute atomic E-state index is 0.0931. The van der Waals surface area contributed by atoms with E-state index in [4.69, 9.17) is 0 Å². The summed E-state index contributed by atoms with van der Waals surface area (Å²) in [5.41, 5.74) is 1.36. The third-order valence-electron chi connectivity index (χ3n) is 6.07. The number of halogens is 5. The van der Waals surface area contributed by atoms with Crippen LogP contribution in [0.1, 0.15) is 40.2 Å². The van der Waals surface area contributed by atoms with Crippen LogP contribution in [-0.2, 0) is 11.3 Å². The highest BCUT2D eigenvalue weighted by molar-refractivity contribution is 9.10. The average Bonchev–Trinajstić information content (AvgIpc) is 2.82. The number of amides is 2. The van der Waals surface area contributed by atoms with E-state index in [1.54, 1.807) is 16.3 Å². The lowest BCUT2D eigenvalue weighted by molar-refractivity contribution is -0.173. The van der Waals surface area contributed by atoms with Crippen LogP contribution in [0, 0.1) is 5.82 Å². The van der Waals surface area contributed by atoms with Crippen molar-refractivity contribution in [3.05, 3.63) is 81.6 Å². The molecule has 34 heavy (non-hydrogen) atoms. The van der Waals surface area contributed by atoms with E-state index in [1.807, 2.05) is 30.3 Å². The SMILES string of the molecule is O=C(c1ccc2c(Br)cccc2c1)N1CCC(c2cc(CNC(=O)C(F)(F)F)ccc2F)CC1. The van der Waals surface area contributed by atoms with E-state index in [9.17, 15) is 27.2 Å². The molecule has 3 aromatic carbocycles. The molecule has 0 atom stereocenters. The number of benzene rings is 3. The molecule has 1 aliphatic rings. The van der Waals surface area contributed by atoms with E-state index in [1.165, 1.54) is 18.2 Å². The molecule has 3 aromatic rings. The standard InChI is InChI=1S/C25H21BrF4N2O2/c26-21-3-1-2-17-13-18(5-6-19(17)21)23(33)32-10-8-16(9-11-32)20-12-15(4-7-22(20)27)14-31-24(34)25(28,29)30/h1-7,12-13,16H,8-11,14H2,(H,31,34). The topological polar surface area (TPSA) is 49.4 Å². The largest absolute Gasteiger partial charge is 0.471 e. The third-order valence-corrected chi connectivity index (χ3v) is 6.76. The normalized spacial score (nSPS) is 14.9. The van der Waals surface area contributed by atoms with Crippen LogP contribution >= 0.6 is 15.9 Å². The van der Waals surface area contributed by atoms with Crippen molar-refractivity contribution in [2.45, 2.75) is 31.5 Å². The highest BCUT2D eigenvalue weighted by atomic mass is 79.9. The quantitative estimate of drug-likeness (QED) is 0.419. The second kappa shape index (κ2) is 9.74. The number of hydrogen-bond donors (Lipinski definition) is 1. The van der Waals surface area contributed by atoms with Gasteiger partial charge < -0.3 is 10.2 Å². The van der Waals surface area contributed by atoms with Gasteiger partial charge in [0, 0.05) is 29.7 Å². The molecule has 0 saturated carbocycles.